The summed E-state index contributed by atoms with van der Waals surface area (Å²) in [7, 11) is 0. The maximum atomic E-state index is 12.0. The van der Waals surface area contributed by atoms with Gasteiger partial charge in [-0.15, -0.1) is 0 Å². The number of hydrogen-bond acceptors (Lipinski definition) is 6. The zero-order chi connectivity index (χ0) is 22.2. The summed E-state index contributed by atoms with van der Waals surface area (Å²) in [4.78, 5) is 32.6. The Morgan fingerprint density at radius 1 is 0.806 bits per heavy atom. The number of rotatable bonds is 6. The molecule has 0 aromatic carbocycles. The Kier molecular flexibility index (Phi) is 5.22. The van der Waals surface area contributed by atoms with Gasteiger partial charge >= 0.3 is 11.9 Å². The van der Waals surface area contributed by atoms with Crippen molar-refractivity contribution in [3.8, 4) is 0 Å². The van der Waals surface area contributed by atoms with E-state index in [1.165, 1.54) is 0 Å². The first-order chi connectivity index (χ1) is 14.9. The molecule has 0 aliphatic rings. The first-order valence-corrected chi connectivity index (χ1v) is 10.2. The van der Waals surface area contributed by atoms with Crippen LogP contribution < -0.4 is 0 Å². The van der Waals surface area contributed by atoms with E-state index in [1.807, 2.05) is 33.1 Å². The van der Waals surface area contributed by atoms with E-state index in [0.29, 0.717) is 13.2 Å². The van der Waals surface area contributed by atoms with Gasteiger partial charge in [0, 0.05) is 27.8 Å². The lowest BCUT2D eigenvalue weighted by Crippen LogP contribution is -2.23. The average Bonchev–Trinajstić information content (AvgIpc) is 3.38. The van der Waals surface area contributed by atoms with Crippen LogP contribution in [0, 0.1) is 0 Å². The molecule has 0 N–H and O–H groups in total. The summed E-state index contributed by atoms with van der Waals surface area (Å²) < 4.78 is 14.0. The van der Waals surface area contributed by atoms with E-state index < -0.39 is 17.4 Å². The van der Waals surface area contributed by atoms with E-state index >= 15 is 0 Å². The standard InChI is InChI=1S/C23H24N4O4/c1-5-30-21(28)17-11-15-7-9-19(26(15)13-24-17)23(3,4)20-10-8-16-12-18(22(29)31-6-2)25-14-27(16)20/h7-14H,5-6H2,1-4H3. The van der Waals surface area contributed by atoms with Crippen LogP contribution in [-0.2, 0) is 14.9 Å². The van der Waals surface area contributed by atoms with Crippen molar-refractivity contribution in [1.29, 1.82) is 0 Å². The van der Waals surface area contributed by atoms with E-state index in [2.05, 4.69) is 23.8 Å². The third kappa shape index (κ3) is 3.54. The van der Waals surface area contributed by atoms with E-state index in [9.17, 15) is 9.59 Å². The number of carbonyl (C=O) groups excluding carboxylic acids is 2. The SMILES string of the molecule is CCOC(=O)c1cc2ccc(C(C)(C)c3ccc4cc(C(=O)OCC)ncn34)n2cn1. The third-order valence-corrected chi connectivity index (χ3v) is 5.34. The number of esters is 2. The quantitative estimate of drug-likeness (QED) is 0.443. The maximum absolute atomic E-state index is 12.0. The predicted octanol–water partition coefficient (Wildman–Crippen LogP) is 3.66. The second kappa shape index (κ2) is 7.86. The minimum Gasteiger partial charge on any atom is -0.461 e. The minimum atomic E-state index is -0.437. The molecule has 0 unspecified atom stereocenters. The lowest BCUT2D eigenvalue weighted by Gasteiger charge is -2.25. The molecular weight excluding hydrogens is 396 g/mol. The van der Waals surface area contributed by atoms with Crippen molar-refractivity contribution in [2.45, 2.75) is 33.1 Å². The van der Waals surface area contributed by atoms with Gasteiger partial charge in [0.1, 0.15) is 12.7 Å². The van der Waals surface area contributed by atoms with Crippen molar-refractivity contribution < 1.29 is 19.1 Å². The lowest BCUT2D eigenvalue weighted by atomic mass is 9.85. The van der Waals surface area contributed by atoms with Crippen LogP contribution >= 0.6 is 0 Å². The number of fused-ring (bicyclic) bond motifs is 2. The van der Waals surface area contributed by atoms with E-state index in [-0.39, 0.29) is 11.4 Å². The molecule has 0 spiro atoms. The molecule has 160 valence electrons. The molecule has 31 heavy (non-hydrogen) atoms. The molecule has 0 bridgehead atoms. The summed E-state index contributed by atoms with van der Waals surface area (Å²) in [6.07, 6.45) is 3.29. The van der Waals surface area contributed by atoms with Crippen molar-refractivity contribution in [3.05, 3.63) is 71.8 Å². The summed E-state index contributed by atoms with van der Waals surface area (Å²) in [6, 6.07) is 11.4. The minimum absolute atomic E-state index is 0.278. The van der Waals surface area contributed by atoms with Gasteiger partial charge in [-0.1, -0.05) is 0 Å². The second-order valence-electron chi connectivity index (χ2n) is 7.64. The van der Waals surface area contributed by atoms with Crippen LogP contribution in [-0.4, -0.2) is 43.9 Å². The molecule has 0 fully saturated rings. The number of nitrogens with zero attached hydrogens (tertiary/aromatic N) is 4. The molecule has 0 radical (unpaired) electrons. The average molecular weight is 420 g/mol. The third-order valence-electron chi connectivity index (χ3n) is 5.34. The summed E-state index contributed by atoms with van der Waals surface area (Å²) in [5, 5.41) is 0. The molecule has 0 saturated heterocycles. The Hall–Kier alpha value is -3.68. The molecule has 0 atom stereocenters. The van der Waals surface area contributed by atoms with Crippen LogP contribution in [0.1, 0.15) is 60.1 Å². The van der Waals surface area contributed by atoms with Gasteiger partial charge in [0.25, 0.3) is 0 Å². The van der Waals surface area contributed by atoms with Crippen LogP contribution in [0.5, 0.6) is 0 Å². The van der Waals surface area contributed by atoms with Gasteiger partial charge in [-0.2, -0.15) is 0 Å². The normalized spacial score (nSPS) is 11.7. The topological polar surface area (TPSA) is 87.2 Å². The van der Waals surface area contributed by atoms with Gasteiger partial charge in [0.05, 0.1) is 13.2 Å². The van der Waals surface area contributed by atoms with Crippen molar-refractivity contribution in [3.63, 3.8) is 0 Å². The van der Waals surface area contributed by atoms with Crippen molar-refractivity contribution in [2.24, 2.45) is 0 Å². The molecule has 4 aromatic rings. The van der Waals surface area contributed by atoms with Gasteiger partial charge in [-0.3, -0.25) is 0 Å². The Labute approximate surface area is 179 Å². The molecule has 8 heteroatoms. The number of ether oxygens (including phenoxy) is 2. The Bertz CT molecular complexity index is 1190. The van der Waals surface area contributed by atoms with Crippen molar-refractivity contribution >= 4 is 23.0 Å². The number of carbonyl (C=O) groups is 2. The van der Waals surface area contributed by atoms with Crippen molar-refractivity contribution in [2.75, 3.05) is 13.2 Å². The Balaban J connectivity index is 1.74. The summed E-state index contributed by atoms with van der Waals surface area (Å²) >= 11 is 0. The maximum Gasteiger partial charge on any atom is 0.357 e. The van der Waals surface area contributed by atoms with E-state index in [4.69, 9.17) is 9.47 Å². The van der Waals surface area contributed by atoms with Crippen LogP contribution in [0.15, 0.2) is 49.1 Å². The smallest absolute Gasteiger partial charge is 0.357 e. The second-order valence-corrected chi connectivity index (χ2v) is 7.64. The molecule has 4 rings (SSSR count). The summed E-state index contributed by atoms with van der Waals surface area (Å²) in [5.74, 6) is -0.874. The molecule has 0 aliphatic heterocycles. The fraction of sp³-hybridized carbons (Fsp3) is 0.304. The van der Waals surface area contributed by atoms with Crippen LogP contribution in [0.2, 0.25) is 0 Å². The fourth-order valence-electron chi connectivity index (χ4n) is 3.80. The molecule has 4 aromatic heterocycles. The highest BCUT2D eigenvalue weighted by Crippen LogP contribution is 2.33. The van der Waals surface area contributed by atoms with Gasteiger partial charge in [0.2, 0.25) is 0 Å². The molecule has 8 nitrogen and oxygen atoms in total. The Morgan fingerprint density at radius 3 is 1.61 bits per heavy atom. The number of aromatic nitrogens is 4. The molecule has 0 saturated carbocycles. The summed E-state index contributed by atoms with van der Waals surface area (Å²) in [6.45, 7) is 8.35. The van der Waals surface area contributed by atoms with Crippen LogP contribution in [0.25, 0.3) is 11.0 Å². The first kappa shape index (κ1) is 20.6. The highest BCUT2D eigenvalue weighted by Gasteiger charge is 2.29. The largest absolute Gasteiger partial charge is 0.461 e. The molecular formula is C23H24N4O4. The number of hydrogen-bond donors (Lipinski definition) is 0. The zero-order valence-electron chi connectivity index (χ0n) is 18.0. The summed E-state index contributed by atoms with van der Waals surface area (Å²) in [5.41, 5.74) is 3.84. The van der Waals surface area contributed by atoms with Gasteiger partial charge in [-0.05, 0) is 64.1 Å². The van der Waals surface area contributed by atoms with Gasteiger partial charge in [0.15, 0.2) is 11.4 Å². The molecule has 4 heterocycles. The van der Waals surface area contributed by atoms with Crippen LogP contribution in [0.4, 0.5) is 0 Å². The van der Waals surface area contributed by atoms with E-state index in [1.54, 1.807) is 38.6 Å². The van der Waals surface area contributed by atoms with Crippen molar-refractivity contribution in [1.82, 2.24) is 18.8 Å². The van der Waals surface area contributed by atoms with Gasteiger partial charge in [-0.25, -0.2) is 19.6 Å². The van der Waals surface area contributed by atoms with Crippen LogP contribution in [0.3, 0.4) is 0 Å². The highest BCUT2D eigenvalue weighted by atomic mass is 16.5. The monoisotopic (exact) mass is 420 g/mol. The predicted molar refractivity (Wildman–Crippen MR) is 114 cm³/mol. The van der Waals surface area contributed by atoms with Gasteiger partial charge < -0.3 is 18.3 Å². The first-order valence-electron chi connectivity index (χ1n) is 10.2. The highest BCUT2D eigenvalue weighted by molar-refractivity contribution is 5.89. The lowest BCUT2D eigenvalue weighted by molar-refractivity contribution is 0.0510. The Morgan fingerprint density at radius 2 is 1.23 bits per heavy atom. The zero-order valence-corrected chi connectivity index (χ0v) is 18.0. The molecule has 0 aliphatic carbocycles. The fourth-order valence-corrected chi connectivity index (χ4v) is 3.80. The molecule has 0 amide bonds. The van der Waals surface area contributed by atoms with E-state index in [0.717, 1.165) is 22.4 Å².